The number of hydrogen-bond acceptors (Lipinski definition) is 2. The molecule has 2 nitrogen and oxygen atoms in total. The van der Waals surface area contributed by atoms with Gasteiger partial charge in [0.1, 0.15) is 11.2 Å². The molecule has 0 bridgehead atoms. The van der Waals surface area contributed by atoms with Gasteiger partial charge in [-0.15, -0.1) is 0 Å². The van der Waals surface area contributed by atoms with Crippen LogP contribution in [0.3, 0.4) is 0 Å². The van der Waals surface area contributed by atoms with E-state index in [-0.39, 0.29) is 5.41 Å². The van der Waals surface area contributed by atoms with Crippen LogP contribution in [0.1, 0.15) is 26.3 Å². The Kier molecular flexibility index (Phi) is 5.11. The van der Waals surface area contributed by atoms with Gasteiger partial charge in [-0.1, -0.05) is 124 Å². The van der Waals surface area contributed by atoms with E-state index in [0.29, 0.717) is 0 Å². The van der Waals surface area contributed by atoms with Gasteiger partial charge >= 0.3 is 0 Å². The number of para-hydroxylation sites is 2. The molecule has 8 aromatic rings. The SMILES string of the molecule is CC(C)(C)c1cccc2c1oc1c(-c3cccc(-c4ccc5c6ccccc6c6ccccc6c5n4)c3)cccc12. The van der Waals surface area contributed by atoms with Crippen molar-refractivity contribution in [3.63, 3.8) is 0 Å². The van der Waals surface area contributed by atoms with Gasteiger partial charge in [0.05, 0.1) is 11.2 Å². The number of pyridine rings is 1. The number of rotatable bonds is 2. The van der Waals surface area contributed by atoms with Crippen molar-refractivity contribution in [2.45, 2.75) is 26.2 Å². The minimum atomic E-state index is -0.00921. The van der Waals surface area contributed by atoms with Crippen LogP contribution < -0.4 is 0 Å². The first-order valence-electron chi connectivity index (χ1n) is 14.2. The third-order valence-corrected chi connectivity index (χ3v) is 8.39. The minimum absolute atomic E-state index is 0.00921. The molecule has 0 aliphatic rings. The monoisotopic (exact) mass is 527 g/mol. The third kappa shape index (κ3) is 3.68. The lowest BCUT2D eigenvalue weighted by atomic mass is 9.86. The van der Waals surface area contributed by atoms with Crippen molar-refractivity contribution in [1.82, 2.24) is 4.98 Å². The molecule has 0 radical (unpaired) electrons. The summed E-state index contributed by atoms with van der Waals surface area (Å²) < 4.78 is 6.67. The molecule has 0 aliphatic heterocycles. The number of furan rings is 1. The highest BCUT2D eigenvalue weighted by Crippen LogP contribution is 2.41. The van der Waals surface area contributed by atoms with Crippen LogP contribution in [0.2, 0.25) is 0 Å². The topological polar surface area (TPSA) is 26.0 Å². The van der Waals surface area contributed by atoms with Gasteiger partial charge in [0.15, 0.2) is 0 Å². The summed E-state index contributed by atoms with van der Waals surface area (Å²) in [4.78, 5) is 5.27. The summed E-state index contributed by atoms with van der Waals surface area (Å²) in [5.41, 5.74) is 8.44. The Morgan fingerprint density at radius 3 is 1.78 bits per heavy atom. The van der Waals surface area contributed by atoms with Crippen molar-refractivity contribution in [2.24, 2.45) is 0 Å². The molecule has 2 aromatic heterocycles. The normalized spacial score (nSPS) is 12.3. The highest BCUT2D eigenvalue weighted by Gasteiger charge is 2.22. The predicted molar refractivity (Wildman–Crippen MR) is 174 cm³/mol. The van der Waals surface area contributed by atoms with Crippen LogP contribution in [0.4, 0.5) is 0 Å². The fourth-order valence-corrected chi connectivity index (χ4v) is 6.40. The van der Waals surface area contributed by atoms with Crippen molar-refractivity contribution in [1.29, 1.82) is 0 Å². The number of benzene rings is 6. The highest BCUT2D eigenvalue weighted by molar-refractivity contribution is 6.24. The van der Waals surface area contributed by atoms with E-state index in [1.807, 2.05) is 0 Å². The first-order valence-corrected chi connectivity index (χ1v) is 14.2. The second-order valence-electron chi connectivity index (χ2n) is 12.0. The average Bonchev–Trinajstić information content (AvgIpc) is 3.39. The van der Waals surface area contributed by atoms with E-state index < -0.39 is 0 Å². The van der Waals surface area contributed by atoms with E-state index in [0.717, 1.165) is 44.5 Å². The van der Waals surface area contributed by atoms with Gasteiger partial charge in [-0.2, -0.15) is 0 Å². The van der Waals surface area contributed by atoms with Gasteiger partial charge in [-0.3, -0.25) is 0 Å². The Bertz CT molecular complexity index is 2260. The number of nitrogens with zero attached hydrogens (tertiary/aromatic N) is 1. The number of hydrogen-bond donors (Lipinski definition) is 0. The molecule has 2 heterocycles. The van der Waals surface area contributed by atoms with E-state index in [1.165, 1.54) is 37.9 Å². The van der Waals surface area contributed by atoms with Gasteiger partial charge in [0.25, 0.3) is 0 Å². The Labute approximate surface area is 238 Å². The summed E-state index contributed by atoms with van der Waals surface area (Å²) in [6.45, 7) is 6.71. The quantitative estimate of drug-likeness (QED) is 0.209. The van der Waals surface area contributed by atoms with Crippen molar-refractivity contribution in [2.75, 3.05) is 0 Å². The van der Waals surface area contributed by atoms with Gasteiger partial charge in [0, 0.05) is 38.2 Å². The molecule has 0 unspecified atom stereocenters. The Balaban J connectivity index is 1.32. The van der Waals surface area contributed by atoms with Crippen LogP contribution in [0.15, 0.2) is 126 Å². The van der Waals surface area contributed by atoms with E-state index in [4.69, 9.17) is 9.40 Å². The van der Waals surface area contributed by atoms with Crippen LogP contribution in [-0.2, 0) is 5.41 Å². The van der Waals surface area contributed by atoms with Crippen LogP contribution in [0.5, 0.6) is 0 Å². The molecule has 196 valence electrons. The standard InChI is InChI=1S/C39H29NO/c1-39(2,3)34-20-10-19-33-32-18-9-17-26(37(32)41-38(33)34)24-11-8-12-25(23-24)35-22-21-31-29-15-5-4-13-27(29)28-14-6-7-16-30(28)36(31)40-35/h4-23H,1-3H3. The van der Waals surface area contributed by atoms with E-state index in [9.17, 15) is 0 Å². The zero-order valence-electron chi connectivity index (χ0n) is 23.4. The Hall–Kier alpha value is -4.95. The minimum Gasteiger partial charge on any atom is -0.455 e. The summed E-state index contributed by atoms with van der Waals surface area (Å²) in [6, 6.07) is 43.2. The lowest BCUT2D eigenvalue weighted by molar-refractivity contribution is 0.573. The fourth-order valence-electron chi connectivity index (χ4n) is 6.40. The molecular weight excluding hydrogens is 498 g/mol. The van der Waals surface area contributed by atoms with Crippen LogP contribution >= 0.6 is 0 Å². The molecule has 0 saturated carbocycles. The summed E-state index contributed by atoms with van der Waals surface area (Å²) in [5.74, 6) is 0. The summed E-state index contributed by atoms with van der Waals surface area (Å²) in [5, 5.41) is 8.42. The van der Waals surface area contributed by atoms with E-state index >= 15 is 0 Å². The molecule has 0 fully saturated rings. The zero-order valence-corrected chi connectivity index (χ0v) is 23.4. The second-order valence-corrected chi connectivity index (χ2v) is 12.0. The summed E-state index contributed by atoms with van der Waals surface area (Å²) in [7, 11) is 0. The third-order valence-electron chi connectivity index (χ3n) is 8.39. The summed E-state index contributed by atoms with van der Waals surface area (Å²) in [6.07, 6.45) is 0. The summed E-state index contributed by atoms with van der Waals surface area (Å²) >= 11 is 0. The lowest BCUT2D eigenvalue weighted by Gasteiger charge is -2.18. The molecule has 2 heteroatoms. The van der Waals surface area contributed by atoms with Crippen LogP contribution in [0, 0.1) is 0 Å². The largest absolute Gasteiger partial charge is 0.455 e. The van der Waals surface area contributed by atoms with E-state index in [2.05, 4.69) is 142 Å². The van der Waals surface area contributed by atoms with Crippen molar-refractivity contribution in [3.8, 4) is 22.4 Å². The van der Waals surface area contributed by atoms with Crippen molar-refractivity contribution >= 4 is 54.4 Å². The Morgan fingerprint density at radius 1 is 0.488 bits per heavy atom. The smallest absolute Gasteiger partial charge is 0.143 e. The molecule has 41 heavy (non-hydrogen) atoms. The molecular formula is C39H29NO. The van der Waals surface area contributed by atoms with Gasteiger partial charge in [0.2, 0.25) is 0 Å². The van der Waals surface area contributed by atoms with Gasteiger partial charge in [-0.25, -0.2) is 4.98 Å². The maximum absolute atomic E-state index is 6.67. The van der Waals surface area contributed by atoms with Gasteiger partial charge < -0.3 is 4.42 Å². The molecule has 6 aromatic carbocycles. The first-order chi connectivity index (χ1) is 20.0. The molecule has 0 spiro atoms. The predicted octanol–water partition coefficient (Wildman–Crippen LogP) is 11.1. The van der Waals surface area contributed by atoms with Gasteiger partial charge in [-0.05, 0) is 45.3 Å². The molecule has 0 aliphatic carbocycles. The highest BCUT2D eigenvalue weighted by atomic mass is 16.3. The second kappa shape index (κ2) is 8.78. The Morgan fingerprint density at radius 2 is 1.05 bits per heavy atom. The molecule has 0 atom stereocenters. The first kappa shape index (κ1) is 23.9. The maximum atomic E-state index is 6.67. The maximum Gasteiger partial charge on any atom is 0.143 e. The lowest BCUT2D eigenvalue weighted by Crippen LogP contribution is -2.10. The number of fused-ring (bicyclic) bond motifs is 9. The van der Waals surface area contributed by atoms with E-state index in [1.54, 1.807) is 0 Å². The fraction of sp³-hybridized carbons (Fsp3) is 0.103. The van der Waals surface area contributed by atoms with Crippen LogP contribution in [0.25, 0.3) is 76.8 Å². The van der Waals surface area contributed by atoms with Crippen molar-refractivity contribution in [3.05, 3.63) is 127 Å². The molecule has 0 N–H and O–H groups in total. The van der Waals surface area contributed by atoms with Crippen molar-refractivity contribution < 1.29 is 4.42 Å². The van der Waals surface area contributed by atoms with Crippen LogP contribution in [-0.4, -0.2) is 4.98 Å². The average molecular weight is 528 g/mol. The zero-order chi connectivity index (χ0) is 27.7. The number of aromatic nitrogens is 1. The molecule has 8 rings (SSSR count). The molecule has 0 saturated heterocycles. The molecule has 0 amide bonds.